The van der Waals surface area contributed by atoms with Gasteiger partial charge in [0.1, 0.15) is 0 Å². The van der Waals surface area contributed by atoms with E-state index in [1.165, 1.54) is 0 Å². The van der Waals surface area contributed by atoms with Gasteiger partial charge in [-0.2, -0.15) is 0 Å². The number of carbonyl (C=O) groups excluding carboxylic acids is 1. The van der Waals surface area contributed by atoms with Gasteiger partial charge < -0.3 is 9.84 Å². The van der Waals surface area contributed by atoms with E-state index in [1.807, 2.05) is 26.0 Å². The Morgan fingerprint density at radius 3 is 2.78 bits per heavy atom. The lowest BCUT2D eigenvalue weighted by Crippen LogP contribution is -2.21. The number of carbonyl (C=O) groups is 1. The lowest BCUT2D eigenvalue weighted by molar-refractivity contribution is -0.143. The number of pyridine rings is 1. The molecule has 0 spiro atoms. The van der Waals surface area contributed by atoms with Gasteiger partial charge >= 0.3 is 5.97 Å². The van der Waals surface area contributed by atoms with Crippen LogP contribution in [0.5, 0.6) is 0 Å². The number of hydrogen-bond acceptors (Lipinski definition) is 4. The van der Waals surface area contributed by atoms with E-state index in [-0.39, 0.29) is 18.0 Å². The van der Waals surface area contributed by atoms with Crippen LogP contribution in [0.15, 0.2) is 18.2 Å². The van der Waals surface area contributed by atoms with Crippen molar-refractivity contribution in [3.05, 3.63) is 29.6 Å². The summed E-state index contributed by atoms with van der Waals surface area (Å²) in [4.78, 5) is 15.7. The molecule has 1 heterocycles. The molecule has 0 aliphatic carbocycles. The van der Waals surface area contributed by atoms with Crippen molar-refractivity contribution < 1.29 is 14.6 Å². The van der Waals surface area contributed by atoms with Crippen LogP contribution in [0.3, 0.4) is 0 Å². The quantitative estimate of drug-likeness (QED) is 0.787. The zero-order valence-electron chi connectivity index (χ0n) is 11.3. The molecule has 0 bridgehead atoms. The van der Waals surface area contributed by atoms with Gasteiger partial charge in [-0.05, 0) is 25.5 Å². The molecule has 1 aromatic heterocycles. The maximum atomic E-state index is 11.4. The maximum Gasteiger partial charge on any atom is 0.305 e. The first-order chi connectivity index (χ1) is 8.49. The maximum absolute atomic E-state index is 11.4. The molecule has 0 amide bonds. The molecule has 1 aromatic rings. The minimum absolute atomic E-state index is 0.0677. The first-order valence-corrected chi connectivity index (χ1v) is 6.22. The molecule has 100 valence electrons. The Bertz CT molecular complexity index is 402. The Labute approximate surface area is 108 Å². The predicted molar refractivity (Wildman–Crippen MR) is 69.1 cm³/mol. The summed E-state index contributed by atoms with van der Waals surface area (Å²) in [6.45, 7) is 6.22. The summed E-state index contributed by atoms with van der Waals surface area (Å²) < 4.78 is 4.92. The normalized spacial score (nSPS) is 11.3. The first-order valence-electron chi connectivity index (χ1n) is 6.22. The summed E-state index contributed by atoms with van der Waals surface area (Å²) in [5, 5.41) is 9.08. The Kier molecular flexibility index (Phi) is 5.28. The van der Waals surface area contributed by atoms with Crippen molar-refractivity contribution in [1.29, 1.82) is 0 Å². The summed E-state index contributed by atoms with van der Waals surface area (Å²) in [5.41, 5.74) is 1.33. The van der Waals surface area contributed by atoms with Crippen molar-refractivity contribution in [2.75, 3.05) is 6.61 Å². The number of hydrogen-bond donors (Lipinski definition) is 1. The van der Waals surface area contributed by atoms with Crippen molar-refractivity contribution in [2.24, 2.45) is 0 Å². The SMILES string of the molecule is CCOC(=O)CCC(C)(C)c1cccc(CO)n1. The summed E-state index contributed by atoms with van der Waals surface area (Å²) in [5.74, 6) is -0.177. The minimum Gasteiger partial charge on any atom is -0.466 e. The lowest BCUT2D eigenvalue weighted by Gasteiger charge is -2.24. The third kappa shape index (κ3) is 4.11. The van der Waals surface area contributed by atoms with Crippen LogP contribution in [-0.4, -0.2) is 22.7 Å². The standard InChI is InChI=1S/C14H21NO3/c1-4-18-13(17)8-9-14(2,3)12-7-5-6-11(10-16)15-12/h5-7,16H,4,8-10H2,1-3H3. The van der Waals surface area contributed by atoms with Gasteiger partial charge in [-0.25, -0.2) is 0 Å². The molecule has 18 heavy (non-hydrogen) atoms. The summed E-state index contributed by atoms with van der Waals surface area (Å²) >= 11 is 0. The molecular weight excluding hydrogens is 230 g/mol. The molecule has 0 aromatic carbocycles. The van der Waals surface area contributed by atoms with Gasteiger partial charge in [0.15, 0.2) is 0 Å². The second-order valence-electron chi connectivity index (χ2n) is 4.86. The zero-order chi connectivity index (χ0) is 13.6. The van der Waals surface area contributed by atoms with Gasteiger partial charge in [-0.3, -0.25) is 9.78 Å². The Balaban J connectivity index is 2.69. The van der Waals surface area contributed by atoms with Crippen LogP contribution in [0, 0.1) is 0 Å². The summed E-state index contributed by atoms with van der Waals surface area (Å²) in [6, 6.07) is 5.58. The summed E-state index contributed by atoms with van der Waals surface area (Å²) in [7, 11) is 0. The van der Waals surface area contributed by atoms with Gasteiger partial charge in [0, 0.05) is 17.5 Å². The largest absolute Gasteiger partial charge is 0.466 e. The van der Waals surface area contributed by atoms with Crippen molar-refractivity contribution in [1.82, 2.24) is 4.98 Å². The Morgan fingerprint density at radius 2 is 2.17 bits per heavy atom. The number of aromatic nitrogens is 1. The molecule has 1 N–H and O–H groups in total. The minimum atomic E-state index is -0.210. The smallest absolute Gasteiger partial charge is 0.305 e. The molecule has 0 saturated carbocycles. The highest BCUT2D eigenvalue weighted by Crippen LogP contribution is 2.27. The van der Waals surface area contributed by atoms with Crippen LogP contribution in [0.1, 0.15) is 45.0 Å². The molecule has 1 rings (SSSR count). The average Bonchev–Trinajstić information content (AvgIpc) is 2.37. The highest BCUT2D eigenvalue weighted by Gasteiger charge is 2.23. The molecule has 0 unspecified atom stereocenters. The number of nitrogens with zero attached hydrogens (tertiary/aromatic N) is 1. The Hall–Kier alpha value is -1.42. The van der Waals surface area contributed by atoms with E-state index >= 15 is 0 Å². The Morgan fingerprint density at radius 1 is 1.44 bits per heavy atom. The van der Waals surface area contributed by atoms with Gasteiger partial charge in [0.05, 0.1) is 18.9 Å². The number of aliphatic hydroxyl groups excluding tert-OH is 1. The highest BCUT2D eigenvalue weighted by molar-refractivity contribution is 5.69. The van der Waals surface area contributed by atoms with Crippen LogP contribution in [0.2, 0.25) is 0 Å². The number of ether oxygens (including phenoxy) is 1. The fourth-order valence-electron chi connectivity index (χ4n) is 1.72. The lowest BCUT2D eigenvalue weighted by atomic mass is 9.84. The van der Waals surface area contributed by atoms with E-state index < -0.39 is 0 Å². The third-order valence-corrected chi connectivity index (χ3v) is 2.92. The molecule has 0 atom stereocenters. The van der Waals surface area contributed by atoms with Crippen molar-refractivity contribution in [2.45, 2.75) is 45.6 Å². The molecular formula is C14H21NO3. The average molecular weight is 251 g/mol. The molecule has 4 nitrogen and oxygen atoms in total. The zero-order valence-corrected chi connectivity index (χ0v) is 11.3. The van der Waals surface area contributed by atoms with E-state index in [9.17, 15) is 4.79 Å². The predicted octanol–water partition coefficient (Wildman–Crippen LogP) is 2.19. The molecule has 0 aliphatic rings. The van der Waals surface area contributed by atoms with Crippen molar-refractivity contribution in [3.8, 4) is 0 Å². The molecule has 0 saturated heterocycles. The number of aliphatic hydroxyl groups is 1. The van der Waals surface area contributed by atoms with Crippen LogP contribution >= 0.6 is 0 Å². The van der Waals surface area contributed by atoms with Crippen molar-refractivity contribution >= 4 is 5.97 Å². The van der Waals surface area contributed by atoms with E-state index in [2.05, 4.69) is 4.98 Å². The molecule has 4 heteroatoms. The van der Waals surface area contributed by atoms with Crippen LogP contribution in [0.25, 0.3) is 0 Å². The fraction of sp³-hybridized carbons (Fsp3) is 0.571. The second kappa shape index (κ2) is 6.50. The van der Waals surface area contributed by atoms with Gasteiger partial charge in [0.25, 0.3) is 0 Å². The molecule has 0 radical (unpaired) electrons. The second-order valence-corrected chi connectivity index (χ2v) is 4.86. The topological polar surface area (TPSA) is 59.4 Å². The first kappa shape index (κ1) is 14.6. The van der Waals surface area contributed by atoms with E-state index in [1.54, 1.807) is 13.0 Å². The van der Waals surface area contributed by atoms with E-state index in [0.717, 1.165) is 5.69 Å². The van der Waals surface area contributed by atoms with E-state index in [4.69, 9.17) is 9.84 Å². The number of rotatable bonds is 6. The van der Waals surface area contributed by atoms with Crippen LogP contribution < -0.4 is 0 Å². The van der Waals surface area contributed by atoms with Crippen molar-refractivity contribution in [3.63, 3.8) is 0 Å². The van der Waals surface area contributed by atoms with Gasteiger partial charge in [-0.15, -0.1) is 0 Å². The monoisotopic (exact) mass is 251 g/mol. The summed E-state index contributed by atoms with van der Waals surface area (Å²) in [6.07, 6.45) is 1.06. The highest BCUT2D eigenvalue weighted by atomic mass is 16.5. The number of esters is 1. The van der Waals surface area contributed by atoms with Crippen LogP contribution in [0.4, 0.5) is 0 Å². The van der Waals surface area contributed by atoms with Crippen LogP contribution in [-0.2, 0) is 21.6 Å². The fourth-order valence-corrected chi connectivity index (χ4v) is 1.72. The molecule has 0 aliphatic heterocycles. The third-order valence-electron chi connectivity index (χ3n) is 2.92. The van der Waals surface area contributed by atoms with E-state index in [0.29, 0.717) is 25.1 Å². The van der Waals surface area contributed by atoms with Gasteiger partial charge in [0.2, 0.25) is 0 Å². The van der Waals surface area contributed by atoms with Gasteiger partial charge in [-0.1, -0.05) is 19.9 Å². The molecule has 0 fully saturated rings.